The molecule has 2 N–H and O–H groups in total. The highest BCUT2D eigenvalue weighted by atomic mass is 16.2. The highest BCUT2D eigenvalue weighted by Crippen LogP contribution is 1.97. The minimum atomic E-state index is -0.0574. The van der Waals surface area contributed by atoms with E-state index in [1.165, 1.54) is 4.68 Å². The van der Waals surface area contributed by atoms with E-state index < -0.39 is 0 Å². The number of carbonyl (C=O) groups excluding carboxylic acids is 1. The molecule has 6 nitrogen and oxygen atoms in total. The van der Waals surface area contributed by atoms with Crippen molar-refractivity contribution in [3.8, 4) is 0 Å². The Balaban J connectivity index is 2.40. The fourth-order valence-corrected chi connectivity index (χ4v) is 1.36. The van der Waals surface area contributed by atoms with Crippen molar-refractivity contribution in [1.82, 2.24) is 20.3 Å². The van der Waals surface area contributed by atoms with Crippen molar-refractivity contribution >= 4 is 5.91 Å². The van der Waals surface area contributed by atoms with Crippen molar-refractivity contribution in [3.05, 3.63) is 11.9 Å². The Morgan fingerprint density at radius 1 is 1.65 bits per heavy atom. The van der Waals surface area contributed by atoms with Crippen molar-refractivity contribution in [3.63, 3.8) is 0 Å². The van der Waals surface area contributed by atoms with Crippen LogP contribution in [0.5, 0.6) is 0 Å². The van der Waals surface area contributed by atoms with Gasteiger partial charge < -0.3 is 10.4 Å². The van der Waals surface area contributed by atoms with Gasteiger partial charge in [0.05, 0.1) is 5.69 Å². The number of carbonyl (C=O) groups is 1. The van der Waals surface area contributed by atoms with Crippen LogP contribution in [0.4, 0.5) is 0 Å². The first-order chi connectivity index (χ1) is 8.15. The summed E-state index contributed by atoms with van der Waals surface area (Å²) < 4.78 is 1.52. The maximum Gasteiger partial charge on any atom is 0.242 e. The van der Waals surface area contributed by atoms with Crippen LogP contribution in [0.2, 0.25) is 0 Å². The van der Waals surface area contributed by atoms with Gasteiger partial charge in [0, 0.05) is 18.8 Å². The summed E-state index contributed by atoms with van der Waals surface area (Å²) in [6.45, 7) is 4.32. The number of nitrogens with zero attached hydrogens (tertiary/aromatic N) is 3. The molecule has 0 aromatic carbocycles. The number of hydrogen-bond acceptors (Lipinski definition) is 4. The molecular weight excluding hydrogens is 220 g/mol. The molecule has 1 unspecified atom stereocenters. The number of amides is 1. The van der Waals surface area contributed by atoms with E-state index in [2.05, 4.69) is 15.6 Å². The van der Waals surface area contributed by atoms with E-state index in [9.17, 15) is 4.79 Å². The number of aliphatic hydroxyl groups excluding tert-OH is 1. The van der Waals surface area contributed by atoms with Crippen LogP contribution in [0.15, 0.2) is 6.20 Å². The number of hydrogen-bond donors (Lipinski definition) is 2. The molecule has 6 heteroatoms. The van der Waals surface area contributed by atoms with Gasteiger partial charge in [-0.1, -0.05) is 12.1 Å². The third-order valence-electron chi connectivity index (χ3n) is 2.50. The summed E-state index contributed by atoms with van der Waals surface area (Å²) in [5.74, 6) is -0.0574. The normalized spacial score (nSPS) is 12.4. The van der Waals surface area contributed by atoms with Crippen molar-refractivity contribution in [2.75, 3.05) is 6.61 Å². The molecule has 0 saturated carbocycles. The summed E-state index contributed by atoms with van der Waals surface area (Å²) in [5.41, 5.74) is 0.801. The molecule has 0 fully saturated rings. The fraction of sp³-hybridized carbons (Fsp3) is 0.727. The van der Waals surface area contributed by atoms with Gasteiger partial charge in [-0.15, -0.1) is 5.10 Å². The minimum absolute atomic E-state index is 0.0574. The molecule has 1 atom stereocenters. The number of aromatic nitrogens is 3. The van der Waals surface area contributed by atoms with Gasteiger partial charge >= 0.3 is 0 Å². The zero-order valence-corrected chi connectivity index (χ0v) is 10.4. The molecule has 1 heterocycles. The van der Waals surface area contributed by atoms with Gasteiger partial charge in [0.2, 0.25) is 5.91 Å². The SMILES string of the molecule is CCC(C)NC(=O)Cn1cc(CCCO)nn1. The molecule has 0 spiro atoms. The van der Waals surface area contributed by atoms with Crippen molar-refractivity contribution in [2.45, 2.75) is 45.7 Å². The van der Waals surface area contributed by atoms with Crippen LogP contribution in [0.1, 0.15) is 32.4 Å². The van der Waals surface area contributed by atoms with Crippen LogP contribution < -0.4 is 5.32 Å². The summed E-state index contributed by atoms with van der Waals surface area (Å²) in [5, 5.41) is 19.3. The Kier molecular flexibility index (Phi) is 5.62. The third kappa shape index (κ3) is 4.95. The van der Waals surface area contributed by atoms with Crippen LogP contribution in [0.25, 0.3) is 0 Å². The molecule has 1 rings (SSSR count). The number of aliphatic hydroxyl groups is 1. The number of aryl methyl sites for hydroxylation is 1. The standard InChI is InChI=1S/C11H20N4O2/c1-3-9(2)12-11(17)8-15-7-10(13-14-15)5-4-6-16/h7,9,16H,3-6,8H2,1-2H3,(H,12,17). The topological polar surface area (TPSA) is 80.0 Å². The maximum atomic E-state index is 11.6. The summed E-state index contributed by atoms with van der Waals surface area (Å²) in [6.07, 6.45) is 4.00. The lowest BCUT2D eigenvalue weighted by molar-refractivity contribution is -0.122. The summed E-state index contributed by atoms with van der Waals surface area (Å²) in [4.78, 5) is 11.6. The predicted molar refractivity (Wildman–Crippen MR) is 63.3 cm³/mol. The van der Waals surface area contributed by atoms with Crippen molar-refractivity contribution in [1.29, 1.82) is 0 Å². The molecule has 1 aromatic rings. The molecule has 0 aliphatic carbocycles. The second kappa shape index (κ2) is 7.01. The molecule has 1 amide bonds. The monoisotopic (exact) mass is 240 g/mol. The molecule has 1 aromatic heterocycles. The van der Waals surface area contributed by atoms with Crippen LogP contribution in [0, 0.1) is 0 Å². The van der Waals surface area contributed by atoms with E-state index in [4.69, 9.17) is 5.11 Å². The molecular formula is C11H20N4O2. The molecule has 17 heavy (non-hydrogen) atoms. The minimum Gasteiger partial charge on any atom is -0.396 e. The van der Waals surface area contributed by atoms with Gasteiger partial charge in [0.15, 0.2) is 0 Å². The number of nitrogens with one attached hydrogen (secondary N) is 1. The Hall–Kier alpha value is -1.43. The van der Waals surface area contributed by atoms with Gasteiger partial charge in [0.1, 0.15) is 6.54 Å². The first-order valence-corrected chi connectivity index (χ1v) is 5.95. The molecule has 0 radical (unpaired) electrons. The van der Waals surface area contributed by atoms with Gasteiger partial charge in [-0.05, 0) is 26.2 Å². The van der Waals surface area contributed by atoms with Crippen molar-refractivity contribution in [2.24, 2.45) is 0 Å². The Morgan fingerprint density at radius 2 is 2.41 bits per heavy atom. The van der Waals surface area contributed by atoms with Gasteiger partial charge in [-0.3, -0.25) is 4.79 Å². The Labute approximate surface area is 101 Å². The second-order valence-corrected chi connectivity index (χ2v) is 4.11. The first-order valence-electron chi connectivity index (χ1n) is 5.95. The fourth-order valence-electron chi connectivity index (χ4n) is 1.36. The van der Waals surface area contributed by atoms with E-state index in [0.29, 0.717) is 12.8 Å². The van der Waals surface area contributed by atoms with Crippen LogP contribution in [0.3, 0.4) is 0 Å². The van der Waals surface area contributed by atoms with Crippen LogP contribution in [-0.4, -0.2) is 38.7 Å². The maximum absolute atomic E-state index is 11.6. The molecule has 0 bridgehead atoms. The predicted octanol–water partition coefficient (Wildman–Crippen LogP) is 0.118. The van der Waals surface area contributed by atoms with E-state index in [1.807, 2.05) is 13.8 Å². The zero-order valence-electron chi connectivity index (χ0n) is 10.4. The largest absolute Gasteiger partial charge is 0.396 e. The molecule has 0 saturated heterocycles. The van der Waals surface area contributed by atoms with E-state index in [0.717, 1.165) is 12.1 Å². The summed E-state index contributed by atoms with van der Waals surface area (Å²) >= 11 is 0. The lowest BCUT2D eigenvalue weighted by Crippen LogP contribution is -2.34. The first kappa shape index (κ1) is 13.6. The van der Waals surface area contributed by atoms with Crippen LogP contribution in [-0.2, 0) is 17.8 Å². The second-order valence-electron chi connectivity index (χ2n) is 4.11. The van der Waals surface area contributed by atoms with E-state index in [-0.39, 0.29) is 25.1 Å². The molecule has 0 aliphatic rings. The average molecular weight is 240 g/mol. The molecule has 0 aliphatic heterocycles. The van der Waals surface area contributed by atoms with E-state index in [1.54, 1.807) is 6.20 Å². The van der Waals surface area contributed by atoms with Gasteiger partial charge in [-0.2, -0.15) is 0 Å². The zero-order chi connectivity index (χ0) is 12.7. The van der Waals surface area contributed by atoms with Gasteiger partial charge in [-0.25, -0.2) is 4.68 Å². The summed E-state index contributed by atoms with van der Waals surface area (Å²) in [7, 11) is 0. The average Bonchev–Trinajstić information content (AvgIpc) is 2.73. The Morgan fingerprint density at radius 3 is 3.06 bits per heavy atom. The highest BCUT2D eigenvalue weighted by molar-refractivity contribution is 5.75. The lowest BCUT2D eigenvalue weighted by Gasteiger charge is -2.10. The smallest absolute Gasteiger partial charge is 0.242 e. The lowest BCUT2D eigenvalue weighted by atomic mass is 10.2. The highest BCUT2D eigenvalue weighted by Gasteiger charge is 2.08. The molecule has 96 valence electrons. The van der Waals surface area contributed by atoms with E-state index >= 15 is 0 Å². The van der Waals surface area contributed by atoms with Crippen molar-refractivity contribution < 1.29 is 9.90 Å². The van der Waals surface area contributed by atoms with Crippen LogP contribution >= 0.6 is 0 Å². The Bertz CT molecular complexity index is 351. The third-order valence-corrected chi connectivity index (χ3v) is 2.50. The summed E-state index contributed by atoms with van der Waals surface area (Å²) in [6, 6.07) is 0.180. The quantitative estimate of drug-likeness (QED) is 0.709. The van der Waals surface area contributed by atoms with Gasteiger partial charge in [0.25, 0.3) is 0 Å². The number of rotatable bonds is 7.